The van der Waals surface area contributed by atoms with Gasteiger partial charge in [0.15, 0.2) is 0 Å². The molecular weight excluding hydrogens is 267 g/mol. The lowest BCUT2D eigenvalue weighted by molar-refractivity contribution is -0.149. The molecule has 82 valence electrons. The molecule has 1 aromatic carbocycles. The Balaban J connectivity index is 2.86. The summed E-state index contributed by atoms with van der Waals surface area (Å²) >= 11 is 3.03. The fourth-order valence-corrected chi connectivity index (χ4v) is 1.43. The summed E-state index contributed by atoms with van der Waals surface area (Å²) in [6.07, 6.45) is -1.82. The van der Waals surface area contributed by atoms with Crippen LogP contribution < -0.4 is 0 Å². The van der Waals surface area contributed by atoms with E-state index in [1.54, 1.807) is 6.92 Å². The van der Waals surface area contributed by atoms with Crippen LogP contribution in [0, 0.1) is 0 Å². The van der Waals surface area contributed by atoms with Crippen molar-refractivity contribution < 1.29 is 19.0 Å². The molecule has 0 aliphatic carbocycles. The second-order valence-electron chi connectivity index (χ2n) is 2.83. The highest BCUT2D eigenvalue weighted by Crippen LogP contribution is 2.28. The molecule has 0 fully saturated rings. The van der Waals surface area contributed by atoms with Crippen molar-refractivity contribution >= 4 is 21.9 Å². The number of rotatable bonds is 3. The number of carbonyl (C=O) groups excluding carboxylic acids is 1. The number of halogens is 2. The minimum absolute atomic E-state index is 0.00481. The van der Waals surface area contributed by atoms with Crippen LogP contribution in [-0.4, -0.2) is 17.7 Å². The summed E-state index contributed by atoms with van der Waals surface area (Å²) in [5.74, 6) is -0.926. The van der Waals surface area contributed by atoms with Gasteiger partial charge in [0.2, 0.25) is 6.17 Å². The molecule has 15 heavy (non-hydrogen) atoms. The molecule has 1 aromatic rings. The second kappa shape index (κ2) is 5.11. The SMILES string of the molecule is CCOC(=O)C(F)c1ccc(O)c(Br)c1. The van der Waals surface area contributed by atoms with Gasteiger partial charge in [-0.15, -0.1) is 0 Å². The molecular formula is C10H10BrFO3. The molecule has 1 N–H and O–H groups in total. The number of alkyl halides is 1. The van der Waals surface area contributed by atoms with E-state index in [0.717, 1.165) is 0 Å². The number of hydrogen-bond donors (Lipinski definition) is 1. The van der Waals surface area contributed by atoms with Gasteiger partial charge in [-0.05, 0) is 40.5 Å². The van der Waals surface area contributed by atoms with Crippen LogP contribution in [0.3, 0.4) is 0 Å². The van der Waals surface area contributed by atoms with Crippen LogP contribution in [0.5, 0.6) is 5.75 Å². The first kappa shape index (κ1) is 12.0. The van der Waals surface area contributed by atoms with Crippen molar-refractivity contribution in [3.63, 3.8) is 0 Å². The maximum atomic E-state index is 13.5. The Morgan fingerprint density at radius 3 is 2.87 bits per heavy atom. The normalized spacial score (nSPS) is 12.2. The summed E-state index contributed by atoms with van der Waals surface area (Å²) in [4.78, 5) is 11.1. The first-order valence-corrected chi connectivity index (χ1v) is 5.14. The van der Waals surface area contributed by atoms with E-state index in [2.05, 4.69) is 20.7 Å². The maximum absolute atomic E-state index is 13.5. The highest BCUT2D eigenvalue weighted by Gasteiger charge is 2.21. The molecule has 0 heterocycles. The van der Waals surface area contributed by atoms with E-state index in [1.807, 2.05) is 0 Å². The Labute approximate surface area is 95.0 Å². The number of ether oxygens (including phenoxy) is 1. The number of aromatic hydroxyl groups is 1. The molecule has 0 aromatic heterocycles. The monoisotopic (exact) mass is 276 g/mol. The fourth-order valence-electron chi connectivity index (χ4n) is 1.03. The van der Waals surface area contributed by atoms with Crippen LogP contribution in [0.1, 0.15) is 18.7 Å². The molecule has 0 amide bonds. The number of benzene rings is 1. The summed E-state index contributed by atoms with van der Waals surface area (Å²) in [6.45, 7) is 1.75. The van der Waals surface area contributed by atoms with E-state index in [0.29, 0.717) is 4.47 Å². The molecule has 0 saturated carbocycles. The number of esters is 1. The highest BCUT2D eigenvalue weighted by molar-refractivity contribution is 9.10. The van der Waals surface area contributed by atoms with Gasteiger partial charge in [0, 0.05) is 0 Å². The van der Waals surface area contributed by atoms with Crippen LogP contribution in [0.4, 0.5) is 4.39 Å². The lowest BCUT2D eigenvalue weighted by Gasteiger charge is -2.08. The number of carbonyl (C=O) groups is 1. The Hall–Kier alpha value is -1.10. The molecule has 1 atom stereocenters. The van der Waals surface area contributed by atoms with Gasteiger partial charge >= 0.3 is 5.97 Å². The van der Waals surface area contributed by atoms with Crippen LogP contribution in [0.2, 0.25) is 0 Å². The quantitative estimate of drug-likeness (QED) is 0.864. The van der Waals surface area contributed by atoms with E-state index < -0.39 is 12.1 Å². The number of phenols is 1. The summed E-state index contributed by atoms with van der Waals surface area (Å²) in [5, 5.41) is 9.18. The summed E-state index contributed by atoms with van der Waals surface area (Å²) < 4.78 is 18.3. The zero-order valence-electron chi connectivity index (χ0n) is 8.04. The predicted octanol–water partition coefficient (Wildman–Crippen LogP) is 2.73. The van der Waals surface area contributed by atoms with Gasteiger partial charge in [0.25, 0.3) is 0 Å². The highest BCUT2D eigenvalue weighted by atomic mass is 79.9. The van der Waals surface area contributed by atoms with E-state index in [9.17, 15) is 14.3 Å². The first-order valence-electron chi connectivity index (χ1n) is 4.35. The third-order valence-electron chi connectivity index (χ3n) is 1.76. The minimum Gasteiger partial charge on any atom is -0.507 e. The summed E-state index contributed by atoms with van der Waals surface area (Å²) in [7, 11) is 0. The van der Waals surface area contributed by atoms with Gasteiger partial charge in [0.05, 0.1) is 11.1 Å². The molecule has 0 spiro atoms. The van der Waals surface area contributed by atoms with E-state index in [-0.39, 0.29) is 17.9 Å². The lowest BCUT2D eigenvalue weighted by Crippen LogP contribution is -2.11. The maximum Gasteiger partial charge on any atom is 0.345 e. The van der Waals surface area contributed by atoms with Crippen molar-refractivity contribution in [3.05, 3.63) is 28.2 Å². The van der Waals surface area contributed by atoms with Crippen molar-refractivity contribution in [2.75, 3.05) is 6.61 Å². The van der Waals surface area contributed by atoms with Crippen LogP contribution in [0.25, 0.3) is 0 Å². The number of hydrogen-bond acceptors (Lipinski definition) is 3. The van der Waals surface area contributed by atoms with Crippen molar-refractivity contribution in [1.29, 1.82) is 0 Å². The van der Waals surface area contributed by atoms with Crippen molar-refractivity contribution in [1.82, 2.24) is 0 Å². The molecule has 0 aliphatic heterocycles. The molecule has 1 unspecified atom stereocenters. The van der Waals surface area contributed by atoms with Crippen molar-refractivity contribution in [2.24, 2.45) is 0 Å². The van der Waals surface area contributed by atoms with Gasteiger partial charge in [-0.1, -0.05) is 6.07 Å². The van der Waals surface area contributed by atoms with Gasteiger partial charge in [-0.3, -0.25) is 0 Å². The molecule has 5 heteroatoms. The third kappa shape index (κ3) is 2.92. The minimum atomic E-state index is -1.82. The van der Waals surface area contributed by atoms with Crippen LogP contribution >= 0.6 is 15.9 Å². The summed E-state index contributed by atoms with van der Waals surface area (Å²) in [6, 6.07) is 3.99. The smallest absolute Gasteiger partial charge is 0.345 e. The topological polar surface area (TPSA) is 46.5 Å². The first-order chi connectivity index (χ1) is 7.06. The predicted molar refractivity (Wildman–Crippen MR) is 56.3 cm³/mol. The fraction of sp³-hybridized carbons (Fsp3) is 0.300. The standard InChI is InChI=1S/C10H10BrFO3/c1-2-15-10(14)9(12)6-3-4-8(13)7(11)5-6/h3-5,9,13H,2H2,1H3. The van der Waals surface area contributed by atoms with E-state index in [1.165, 1.54) is 18.2 Å². The van der Waals surface area contributed by atoms with Crippen molar-refractivity contribution in [3.8, 4) is 5.75 Å². The summed E-state index contributed by atoms with van der Waals surface area (Å²) in [5.41, 5.74) is 0.151. The third-order valence-corrected chi connectivity index (χ3v) is 2.39. The molecule has 0 aliphatic rings. The molecule has 0 saturated heterocycles. The Morgan fingerprint density at radius 2 is 2.33 bits per heavy atom. The Bertz CT molecular complexity index is 368. The zero-order chi connectivity index (χ0) is 11.4. The molecule has 1 rings (SSSR count). The lowest BCUT2D eigenvalue weighted by atomic mass is 10.1. The van der Waals surface area contributed by atoms with E-state index >= 15 is 0 Å². The molecule has 0 bridgehead atoms. The largest absolute Gasteiger partial charge is 0.507 e. The average molecular weight is 277 g/mol. The van der Waals surface area contributed by atoms with Gasteiger partial charge in [-0.2, -0.15) is 0 Å². The molecule has 3 nitrogen and oxygen atoms in total. The van der Waals surface area contributed by atoms with Gasteiger partial charge in [0.1, 0.15) is 5.75 Å². The van der Waals surface area contributed by atoms with Gasteiger partial charge in [-0.25, -0.2) is 9.18 Å². The Morgan fingerprint density at radius 1 is 1.67 bits per heavy atom. The second-order valence-corrected chi connectivity index (χ2v) is 3.68. The van der Waals surface area contributed by atoms with E-state index in [4.69, 9.17) is 0 Å². The molecule has 0 radical (unpaired) electrons. The zero-order valence-corrected chi connectivity index (χ0v) is 9.62. The van der Waals surface area contributed by atoms with Crippen molar-refractivity contribution in [2.45, 2.75) is 13.1 Å². The average Bonchev–Trinajstić information content (AvgIpc) is 2.21. The Kier molecular flexibility index (Phi) is 4.08. The number of phenolic OH excluding ortho intramolecular Hbond substituents is 1. The van der Waals surface area contributed by atoms with Crippen LogP contribution in [0.15, 0.2) is 22.7 Å². The van der Waals surface area contributed by atoms with Crippen LogP contribution in [-0.2, 0) is 9.53 Å². The van der Waals surface area contributed by atoms with Gasteiger partial charge < -0.3 is 9.84 Å².